The van der Waals surface area contributed by atoms with Crippen LogP contribution in [-0.4, -0.2) is 32.6 Å². The molecule has 0 unspecified atom stereocenters. The van der Waals surface area contributed by atoms with E-state index in [1.807, 2.05) is 0 Å². The fraction of sp³-hybridized carbons (Fsp3) is 0.750. The Labute approximate surface area is 117 Å². The summed E-state index contributed by atoms with van der Waals surface area (Å²) in [5.74, 6) is 7.18. The van der Waals surface area contributed by atoms with Crippen LogP contribution in [0.5, 0.6) is 0 Å². The topological polar surface area (TPSA) is 85.8 Å². The van der Waals surface area contributed by atoms with Crippen molar-refractivity contribution in [1.29, 1.82) is 0 Å². The Morgan fingerprint density at radius 3 is 3.05 bits per heavy atom. The van der Waals surface area contributed by atoms with E-state index >= 15 is 0 Å². The maximum atomic E-state index is 11.9. The number of carbonyl (C=O) groups is 1. The Hall–Kier alpha value is -1.24. The van der Waals surface area contributed by atoms with Crippen LogP contribution < -0.4 is 11.2 Å². The van der Waals surface area contributed by atoms with E-state index < -0.39 is 0 Å². The summed E-state index contributed by atoms with van der Waals surface area (Å²) in [5, 5.41) is 11.2. The number of thioether (sulfide) groups is 1. The Bertz CT molecular complexity index is 436. The van der Waals surface area contributed by atoms with E-state index in [4.69, 9.17) is 5.84 Å². The van der Waals surface area contributed by atoms with Gasteiger partial charge in [-0.05, 0) is 18.3 Å². The molecule has 2 rings (SSSR count). The largest absolute Gasteiger partial charge is 0.352 e. The Morgan fingerprint density at radius 2 is 2.37 bits per heavy atom. The molecule has 3 N–H and O–H groups in total. The maximum absolute atomic E-state index is 11.9. The van der Waals surface area contributed by atoms with Crippen molar-refractivity contribution >= 4 is 17.7 Å². The first kappa shape index (κ1) is 14.2. The van der Waals surface area contributed by atoms with Crippen LogP contribution >= 0.6 is 11.8 Å². The van der Waals surface area contributed by atoms with Gasteiger partial charge >= 0.3 is 0 Å². The highest BCUT2D eigenvalue weighted by Crippen LogP contribution is 2.29. The molecule has 0 radical (unpaired) electrons. The minimum Gasteiger partial charge on any atom is -0.352 e. The summed E-state index contributed by atoms with van der Waals surface area (Å²) in [7, 11) is 0. The fourth-order valence-electron chi connectivity index (χ4n) is 2.50. The first-order valence-corrected chi connectivity index (χ1v) is 7.63. The monoisotopic (exact) mass is 283 g/mol. The normalized spacial score (nSPS) is 27.2. The van der Waals surface area contributed by atoms with Gasteiger partial charge < -0.3 is 11.2 Å². The second-order valence-electron chi connectivity index (χ2n) is 5.25. The van der Waals surface area contributed by atoms with Crippen molar-refractivity contribution in [1.82, 2.24) is 20.2 Å². The Morgan fingerprint density at radius 1 is 1.58 bits per heavy atom. The minimum atomic E-state index is 0.0407. The van der Waals surface area contributed by atoms with Crippen LogP contribution in [0.1, 0.15) is 33.1 Å². The van der Waals surface area contributed by atoms with E-state index in [0.717, 1.165) is 6.42 Å². The number of rotatable bonds is 4. The van der Waals surface area contributed by atoms with E-state index in [-0.39, 0.29) is 5.91 Å². The molecular weight excluding hydrogens is 262 g/mol. The number of aromatic nitrogens is 3. The molecule has 7 heteroatoms. The number of nitrogens with two attached hydrogens (primary N) is 1. The number of nitrogens with one attached hydrogen (secondary N) is 1. The fourth-order valence-corrected chi connectivity index (χ4v) is 3.14. The molecule has 0 spiro atoms. The van der Waals surface area contributed by atoms with Crippen molar-refractivity contribution in [2.75, 3.05) is 11.6 Å². The van der Waals surface area contributed by atoms with Crippen LogP contribution in [0.15, 0.2) is 11.5 Å². The van der Waals surface area contributed by atoms with Crippen LogP contribution in [0.25, 0.3) is 0 Å². The zero-order valence-electron chi connectivity index (χ0n) is 11.4. The van der Waals surface area contributed by atoms with Gasteiger partial charge in [0.05, 0.1) is 5.75 Å². The van der Waals surface area contributed by atoms with Crippen molar-refractivity contribution in [3.8, 4) is 0 Å². The molecule has 6 nitrogen and oxygen atoms in total. The smallest absolute Gasteiger partial charge is 0.230 e. The third-order valence-electron chi connectivity index (χ3n) is 3.93. The molecule has 1 amide bonds. The molecule has 3 atom stereocenters. The molecule has 1 saturated carbocycles. The minimum absolute atomic E-state index is 0.0407. The quantitative estimate of drug-likeness (QED) is 0.636. The van der Waals surface area contributed by atoms with Gasteiger partial charge in [-0.15, -0.1) is 10.2 Å². The highest BCUT2D eigenvalue weighted by Gasteiger charge is 2.28. The summed E-state index contributed by atoms with van der Waals surface area (Å²) < 4.78 is 1.32. The first-order chi connectivity index (χ1) is 9.08. The van der Waals surface area contributed by atoms with Crippen LogP contribution in [-0.2, 0) is 4.79 Å². The number of amides is 1. The van der Waals surface area contributed by atoms with Gasteiger partial charge in [-0.3, -0.25) is 4.79 Å². The van der Waals surface area contributed by atoms with E-state index in [1.54, 1.807) is 0 Å². The van der Waals surface area contributed by atoms with Crippen molar-refractivity contribution in [2.45, 2.75) is 44.3 Å². The van der Waals surface area contributed by atoms with Crippen molar-refractivity contribution in [2.24, 2.45) is 11.8 Å². The summed E-state index contributed by atoms with van der Waals surface area (Å²) in [6.07, 6.45) is 4.96. The summed E-state index contributed by atoms with van der Waals surface area (Å²) in [6, 6.07) is 0.299. The first-order valence-electron chi connectivity index (χ1n) is 6.65. The lowest BCUT2D eigenvalue weighted by Crippen LogP contribution is -2.44. The lowest BCUT2D eigenvalue weighted by Gasteiger charge is -2.34. The number of carbonyl (C=O) groups excluding carboxylic acids is 1. The Balaban J connectivity index is 1.79. The Kier molecular flexibility index (Phi) is 4.68. The van der Waals surface area contributed by atoms with Gasteiger partial charge in [0.15, 0.2) is 0 Å². The van der Waals surface area contributed by atoms with Crippen LogP contribution in [0.2, 0.25) is 0 Å². The highest BCUT2D eigenvalue weighted by atomic mass is 32.2. The average molecular weight is 283 g/mol. The van der Waals surface area contributed by atoms with Crippen LogP contribution in [0.4, 0.5) is 0 Å². The molecular formula is C12H21N5OS. The average Bonchev–Trinajstić information content (AvgIpc) is 2.78. The van der Waals surface area contributed by atoms with Crippen molar-refractivity contribution < 1.29 is 4.79 Å². The number of nitrogens with zero attached hydrogens (tertiary/aromatic N) is 3. The van der Waals surface area contributed by atoms with Crippen molar-refractivity contribution in [3.63, 3.8) is 0 Å². The van der Waals surface area contributed by atoms with E-state index in [0.29, 0.717) is 28.8 Å². The van der Waals surface area contributed by atoms with Crippen molar-refractivity contribution in [3.05, 3.63) is 6.33 Å². The second kappa shape index (κ2) is 6.27. The SMILES string of the molecule is C[C@@H]1[C@@H](C)CCC[C@H]1NC(=O)CSc1nncn1N. The van der Waals surface area contributed by atoms with Crippen LogP contribution in [0, 0.1) is 11.8 Å². The molecule has 106 valence electrons. The third kappa shape index (κ3) is 3.62. The predicted molar refractivity (Wildman–Crippen MR) is 75.0 cm³/mol. The summed E-state index contributed by atoms with van der Waals surface area (Å²) in [6.45, 7) is 4.48. The van der Waals surface area contributed by atoms with Gasteiger partial charge in [0.25, 0.3) is 0 Å². The van der Waals surface area contributed by atoms with Gasteiger partial charge in [0, 0.05) is 6.04 Å². The molecule has 0 aliphatic heterocycles. The van der Waals surface area contributed by atoms with Gasteiger partial charge in [-0.2, -0.15) is 0 Å². The molecule has 1 heterocycles. The van der Waals surface area contributed by atoms with Gasteiger partial charge in [-0.1, -0.05) is 38.5 Å². The third-order valence-corrected chi connectivity index (χ3v) is 4.88. The summed E-state index contributed by atoms with van der Waals surface area (Å²) in [5.41, 5.74) is 0. The van der Waals surface area contributed by atoms with Gasteiger partial charge in [-0.25, -0.2) is 4.68 Å². The molecule has 0 bridgehead atoms. The number of nitrogen functional groups attached to an aromatic ring is 1. The molecule has 0 aromatic carbocycles. The van der Waals surface area contributed by atoms with Gasteiger partial charge in [0.2, 0.25) is 11.1 Å². The maximum Gasteiger partial charge on any atom is 0.230 e. The molecule has 1 aromatic heterocycles. The lowest BCUT2D eigenvalue weighted by molar-refractivity contribution is -0.120. The zero-order chi connectivity index (χ0) is 13.8. The molecule has 0 saturated heterocycles. The predicted octanol–water partition coefficient (Wildman–Crippen LogP) is 1.02. The van der Waals surface area contributed by atoms with E-state index in [1.165, 1.54) is 35.6 Å². The lowest BCUT2D eigenvalue weighted by atomic mass is 9.78. The summed E-state index contributed by atoms with van der Waals surface area (Å²) >= 11 is 1.30. The highest BCUT2D eigenvalue weighted by molar-refractivity contribution is 7.99. The molecule has 19 heavy (non-hydrogen) atoms. The molecule has 1 aromatic rings. The summed E-state index contributed by atoms with van der Waals surface area (Å²) in [4.78, 5) is 11.9. The standard InChI is InChI=1S/C12H21N5OS/c1-8-4-3-5-10(9(8)2)15-11(18)6-19-12-16-14-7-17(12)13/h7-10H,3-6,13H2,1-2H3,(H,15,18)/t8-,9+,10+/m0/s1. The second-order valence-corrected chi connectivity index (χ2v) is 6.19. The zero-order valence-corrected chi connectivity index (χ0v) is 12.2. The number of hydrogen-bond acceptors (Lipinski definition) is 5. The van der Waals surface area contributed by atoms with Gasteiger partial charge in [0.1, 0.15) is 6.33 Å². The van der Waals surface area contributed by atoms with E-state index in [2.05, 4.69) is 29.4 Å². The molecule has 1 aliphatic rings. The molecule has 1 aliphatic carbocycles. The van der Waals surface area contributed by atoms with E-state index in [9.17, 15) is 4.79 Å². The number of hydrogen-bond donors (Lipinski definition) is 2. The van der Waals surface area contributed by atoms with Crippen LogP contribution in [0.3, 0.4) is 0 Å². The molecule has 1 fully saturated rings.